The van der Waals surface area contributed by atoms with E-state index in [1.54, 1.807) is 19.3 Å². The normalized spacial score (nSPS) is 15.7. The highest BCUT2D eigenvalue weighted by atomic mass is 79.9. The second-order valence-electron chi connectivity index (χ2n) is 4.88. The molecule has 0 aliphatic heterocycles. The number of amides is 1. The first-order valence-corrected chi connectivity index (χ1v) is 7.35. The van der Waals surface area contributed by atoms with Crippen LogP contribution in [0.15, 0.2) is 28.7 Å². The van der Waals surface area contributed by atoms with Gasteiger partial charge in [-0.3, -0.25) is 4.79 Å². The van der Waals surface area contributed by atoms with E-state index in [0.717, 1.165) is 22.9 Å². The lowest BCUT2D eigenvalue weighted by Gasteiger charge is -2.11. The first-order valence-electron chi connectivity index (χ1n) is 6.56. The summed E-state index contributed by atoms with van der Waals surface area (Å²) < 4.78 is 6.07. The van der Waals surface area contributed by atoms with Gasteiger partial charge in [-0.2, -0.15) is 0 Å². The molecule has 0 aromatic heterocycles. The van der Waals surface area contributed by atoms with Gasteiger partial charge in [0.05, 0.1) is 7.11 Å². The molecular formula is C15H16BrNO4. The maximum absolute atomic E-state index is 11.8. The summed E-state index contributed by atoms with van der Waals surface area (Å²) in [6.07, 6.45) is 4.62. The Balaban J connectivity index is 2.04. The monoisotopic (exact) mass is 353 g/mol. The number of halogens is 1. The SMILES string of the molecule is COc1ccc(Br)cc1C=CC(=O)NC(C(=O)O)C1CC1. The van der Waals surface area contributed by atoms with Gasteiger partial charge in [0.2, 0.25) is 5.91 Å². The number of methoxy groups -OCH3 is 1. The lowest BCUT2D eigenvalue weighted by molar-refractivity contribution is -0.141. The molecule has 1 atom stereocenters. The van der Waals surface area contributed by atoms with E-state index in [1.165, 1.54) is 6.08 Å². The Morgan fingerprint density at radius 1 is 1.48 bits per heavy atom. The van der Waals surface area contributed by atoms with E-state index in [0.29, 0.717) is 5.75 Å². The van der Waals surface area contributed by atoms with E-state index in [9.17, 15) is 9.59 Å². The predicted molar refractivity (Wildman–Crippen MR) is 82.0 cm³/mol. The molecule has 5 nitrogen and oxygen atoms in total. The second kappa shape index (κ2) is 6.76. The molecule has 2 rings (SSSR count). The van der Waals surface area contributed by atoms with Gasteiger partial charge in [-0.15, -0.1) is 0 Å². The van der Waals surface area contributed by atoms with E-state index in [-0.39, 0.29) is 5.92 Å². The largest absolute Gasteiger partial charge is 0.496 e. The van der Waals surface area contributed by atoms with Crippen molar-refractivity contribution in [1.82, 2.24) is 5.32 Å². The highest BCUT2D eigenvalue weighted by molar-refractivity contribution is 9.10. The first kappa shape index (κ1) is 15.6. The molecule has 1 aliphatic carbocycles. The molecule has 21 heavy (non-hydrogen) atoms. The molecule has 1 saturated carbocycles. The molecule has 0 saturated heterocycles. The summed E-state index contributed by atoms with van der Waals surface area (Å²) in [7, 11) is 1.55. The summed E-state index contributed by atoms with van der Waals surface area (Å²) in [5.74, 6) is -0.713. The summed E-state index contributed by atoms with van der Waals surface area (Å²) in [6.45, 7) is 0. The number of carbonyl (C=O) groups excluding carboxylic acids is 1. The van der Waals surface area contributed by atoms with Crippen molar-refractivity contribution < 1.29 is 19.4 Å². The minimum atomic E-state index is -0.987. The molecule has 1 unspecified atom stereocenters. The van der Waals surface area contributed by atoms with Crippen molar-refractivity contribution in [2.75, 3.05) is 7.11 Å². The van der Waals surface area contributed by atoms with Crippen LogP contribution in [0.25, 0.3) is 6.08 Å². The Kier molecular flexibility index (Phi) is 5.01. The van der Waals surface area contributed by atoms with E-state index in [4.69, 9.17) is 9.84 Å². The van der Waals surface area contributed by atoms with Crippen LogP contribution in [0.2, 0.25) is 0 Å². The van der Waals surface area contributed by atoms with Gasteiger partial charge in [-0.1, -0.05) is 15.9 Å². The fourth-order valence-electron chi connectivity index (χ4n) is 2.01. The van der Waals surface area contributed by atoms with Gasteiger partial charge < -0.3 is 15.2 Å². The van der Waals surface area contributed by atoms with Crippen molar-refractivity contribution in [1.29, 1.82) is 0 Å². The Morgan fingerprint density at radius 3 is 2.76 bits per heavy atom. The standard InChI is InChI=1S/C15H16BrNO4/c1-21-12-6-5-11(16)8-10(12)4-7-13(18)17-14(15(19)20)9-2-3-9/h4-9,14H,2-3H2,1H3,(H,17,18)(H,19,20). The van der Waals surface area contributed by atoms with E-state index >= 15 is 0 Å². The van der Waals surface area contributed by atoms with Crippen LogP contribution in [-0.4, -0.2) is 30.1 Å². The molecule has 1 aliphatic rings. The molecule has 6 heteroatoms. The van der Waals surface area contributed by atoms with E-state index in [1.807, 2.05) is 12.1 Å². The number of benzene rings is 1. The van der Waals surface area contributed by atoms with Crippen LogP contribution < -0.4 is 10.1 Å². The molecule has 0 bridgehead atoms. The third-order valence-electron chi connectivity index (χ3n) is 3.26. The Labute approximate surface area is 131 Å². The molecule has 2 N–H and O–H groups in total. The number of carboxylic acid groups (broad SMARTS) is 1. The van der Waals surface area contributed by atoms with Crippen molar-refractivity contribution >= 4 is 33.9 Å². The fourth-order valence-corrected chi connectivity index (χ4v) is 2.39. The van der Waals surface area contributed by atoms with E-state index in [2.05, 4.69) is 21.2 Å². The molecule has 0 radical (unpaired) electrons. The number of carbonyl (C=O) groups is 2. The number of hydrogen-bond donors (Lipinski definition) is 2. The summed E-state index contributed by atoms with van der Waals surface area (Å²) in [4.78, 5) is 22.9. The average molecular weight is 354 g/mol. The molecule has 1 fully saturated rings. The van der Waals surface area contributed by atoms with Crippen LogP contribution in [0.3, 0.4) is 0 Å². The van der Waals surface area contributed by atoms with Crippen molar-refractivity contribution in [3.05, 3.63) is 34.3 Å². The lowest BCUT2D eigenvalue weighted by Crippen LogP contribution is -2.41. The first-order chi connectivity index (χ1) is 10.0. The van der Waals surface area contributed by atoms with Gasteiger partial charge in [0.15, 0.2) is 0 Å². The van der Waals surface area contributed by atoms with Crippen LogP contribution in [-0.2, 0) is 9.59 Å². The minimum absolute atomic E-state index is 0.0558. The lowest BCUT2D eigenvalue weighted by atomic mass is 10.1. The number of hydrogen-bond acceptors (Lipinski definition) is 3. The minimum Gasteiger partial charge on any atom is -0.496 e. The molecule has 1 aromatic carbocycles. The van der Waals surface area contributed by atoms with Gasteiger partial charge in [-0.05, 0) is 43.0 Å². The Bertz CT molecular complexity index is 581. The van der Waals surface area contributed by atoms with Crippen LogP contribution in [0.4, 0.5) is 0 Å². The summed E-state index contributed by atoms with van der Waals surface area (Å²) in [5, 5.41) is 11.6. The van der Waals surface area contributed by atoms with Crippen LogP contribution in [0, 0.1) is 5.92 Å². The number of nitrogens with one attached hydrogen (secondary N) is 1. The highest BCUT2D eigenvalue weighted by Gasteiger charge is 2.36. The summed E-state index contributed by atoms with van der Waals surface area (Å²) in [6, 6.07) is 4.64. The summed E-state index contributed by atoms with van der Waals surface area (Å²) >= 11 is 3.35. The topological polar surface area (TPSA) is 75.6 Å². The van der Waals surface area contributed by atoms with Gasteiger partial charge >= 0.3 is 5.97 Å². The van der Waals surface area contributed by atoms with Crippen molar-refractivity contribution in [2.24, 2.45) is 5.92 Å². The molecule has 1 amide bonds. The molecule has 0 heterocycles. The molecule has 1 aromatic rings. The number of carboxylic acids is 1. The zero-order chi connectivity index (χ0) is 15.4. The quantitative estimate of drug-likeness (QED) is 0.770. The predicted octanol–water partition coefficient (Wildman–Crippen LogP) is 2.45. The van der Waals surface area contributed by atoms with Crippen molar-refractivity contribution in [2.45, 2.75) is 18.9 Å². The third-order valence-corrected chi connectivity index (χ3v) is 3.76. The molecule has 0 spiro atoms. The number of rotatable bonds is 6. The molecule has 112 valence electrons. The zero-order valence-electron chi connectivity index (χ0n) is 11.5. The number of ether oxygens (including phenoxy) is 1. The zero-order valence-corrected chi connectivity index (χ0v) is 13.1. The smallest absolute Gasteiger partial charge is 0.326 e. The Morgan fingerprint density at radius 2 is 2.19 bits per heavy atom. The number of aliphatic carboxylic acids is 1. The van der Waals surface area contributed by atoms with Gasteiger partial charge in [0, 0.05) is 16.1 Å². The summed E-state index contributed by atoms with van der Waals surface area (Å²) in [5.41, 5.74) is 0.736. The average Bonchev–Trinajstić information content (AvgIpc) is 3.26. The maximum atomic E-state index is 11.8. The van der Waals surface area contributed by atoms with Crippen LogP contribution in [0.1, 0.15) is 18.4 Å². The van der Waals surface area contributed by atoms with Crippen molar-refractivity contribution in [3.8, 4) is 5.75 Å². The second-order valence-corrected chi connectivity index (χ2v) is 5.80. The fraction of sp³-hybridized carbons (Fsp3) is 0.333. The maximum Gasteiger partial charge on any atom is 0.326 e. The van der Waals surface area contributed by atoms with Gasteiger partial charge in [-0.25, -0.2) is 4.79 Å². The van der Waals surface area contributed by atoms with Gasteiger partial charge in [0.25, 0.3) is 0 Å². The van der Waals surface area contributed by atoms with Crippen LogP contribution in [0.5, 0.6) is 5.75 Å². The van der Waals surface area contributed by atoms with Crippen molar-refractivity contribution in [3.63, 3.8) is 0 Å². The van der Waals surface area contributed by atoms with E-state index < -0.39 is 17.9 Å². The third kappa shape index (κ3) is 4.32. The van der Waals surface area contributed by atoms with Crippen LogP contribution >= 0.6 is 15.9 Å². The Hall–Kier alpha value is -1.82. The molecular weight excluding hydrogens is 338 g/mol. The highest BCUT2D eigenvalue weighted by Crippen LogP contribution is 2.32. The van der Waals surface area contributed by atoms with Gasteiger partial charge in [0.1, 0.15) is 11.8 Å².